The Morgan fingerprint density at radius 3 is 1.00 bits per heavy atom. The lowest BCUT2D eigenvalue weighted by Gasteiger charge is -2.29. The van der Waals surface area contributed by atoms with E-state index < -0.39 is 0 Å². The Morgan fingerprint density at radius 2 is 0.630 bits per heavy atom. The average Bonchev–Trinajstić information content (AvgIpc) is 4.13. The van der Waals surface area contributed by atoms with Crippen LogP contribution < -0.4 is 16.2 Å². The molecule has 0 saturated carbocycles. The minimum Gasteiger partial charge on any atom is -0.248 e. The van der Waals surface area contributed by atoms with Gasteiger partial charge in [0, 0.05) is 22.3 Å². The van der Waals surface area contributed by atoms with Gasteiger partial charge in [-0.3, -0.25) is 0 Å². The van der Waals surface area contributed by atoms with Crippen LogP contribution in [0.5, 0.6) is 0 Å². The molecule has 3 aliphatic heterocycles. The van der Waals surface area contributed by atoms with E-state index in [-0.39, 0.29) is 43.3 Å². The normalized spacial score (nSPS) is 16.1. The van der Waals surface area contributed by atoms with Crippen LogP contribution in [0.2, 0.25) is 0 Å². The van der Waals surface area contributed by atoms with Gasteiger partial charge >= 0.3 is 0 Å². The summed E-state index contributed by atoms with van der Waals surface area (Å²) in [6.07, 6.45) is 11.8. The fraction of sp³-hybridized carbons (Fsp3) is 0.416. The molecule has 0 atom stereocenters. The first-order chi connectivity index (χ1) is 37.2. The van der Waals surface area contributed by atoms with Crippen LogP contribution >= 0.6 is 0 Å². The van der Waals surface area contributed by atoms with Crippen molar-refractivity contribution in [1.29, 1.82) is 0 Å². The molecule has 1 aliphatic carbocycles. The zero-order valence-corrected chi connectivity index (χ0v) is 54.0. The van der Waals surface area contributed by atoms with Crippen molar-refractivity contribution >= 4 is 28.0 Å². The molecule has 0 saturated heterocycles. The first kappa shape index (κ1) is 57.6. The zero-order chi connectivity index (χ0) is 59.3. The van der Waals surface area contributed by atoms with Crippen molar-refractivity contribution in [2.75, 3.05) is 5.53 Å². The van der Waals surface area contributed by atoms with Gasteiger partial charge < -0.3 is 0 Å². The highest BCUT2D eigenvalue weighted by Crippen LogP contribution is 2.45. The largest absolute Gasteiger partial charge is 0.248 e. The summed E-state index contributed by atoms with van der Waals surface area (Å²) in [5, 5.41) is 2.12. The molecular formula is C77H94N4. The maximum atomic E-state index is 5.94. The van der Waals surface area contributed by atoms with Gasteiger partial charge in [-0.05, 0) is 164 Å². The molecule has 4 nitrogen and oxygen atoms in total. The number of rotatable bonds is 4. The van der Waals surface area contributed by atoms with Gasteiger partial charge in [-0.2, -0.15) is 0 Å². The topological polar surface area (TPSA) is 34.2 Å². The van der Waals surface area contributed by atoms with Crippen molar-refractivity contribution < 1.29 is 0 Å². The Bertz CT molecular complexity index is 3540. The number of benzene rings is 4. The van der Waals surface area contributed by atoms with E-state index in [2.05, 4.69) is 308 Å². The Morgan fingerprint density at radius 1 is 0.309 bits per heavy atom. The van der Waals surface area contributed by atoms with Crippen LogP contribution in [-0.2, 0) is 43.3 Å². The second-order valence-electron chi connectivity index (χ2n) is 32.3. The number of hydrogen-bond acceptors (Lipinski definition) is 2. The number of fused-ring (bicyclic) bond motifs is 2. The monoisotopic (exact) mass is 1070 g/mol. The first-order valence-corrected chi connectivity index (χ1v) is 29.9. The number of aliphatic imine (C=N–C) groups is 1. The third-order valence-electron chi connectivity index (χ3n) is 17.3. The average molecular weight is 1080 g/mol. The van der Waals surface area contributed by atoms with Crippen molar-refractivity contribution in [2.24, 2.45) is 4.99 Å². The molecule has 81 heavy (non-hydrogen) atoms. The summed E-state index contributed by atoms with van der Waals surface area (Å²) < 4.78 is 4.84. The minimum atomic E-state index is -0.110. The first-order valence-electron chi connectivity index (χ1n) is 29.9. The van der Waals surface area contributed by atoms with Gasteiger partial charge in [-0.25, -0.2) is 19.9 Å². The molecule has 6 aromatic rings. The summed E-state index contributed by atoms with van der Waals surface area (Å²) >= 11 is 0. The van der Waals surface area contributed by atoms with Gasteiger partial charge in [-0.15, -0.1) is 0 Å². The molecular weight excluding hydrogens is 981 g/mol. The van der Waals surface area contributed by atoms with Crippen LogP contribution in [0.15, 0.2) is 149 Å². The molecule has 4 aliphatic rings. The predicted molar refractivity (Wildman–Crippen MR) is 349 cm³/mol. The molecule has 0 amide bonds. The van der Waals surface area contributed by atoms with Gasteiger partial charge in [0.05, 0.1) is 33.5 Å². The highest BCUT2D eigenvalue weighted by Gasteiger charge is 2.33. The van der Waals surface area contributed by atoms with Gasteiger partial charge in [0.1, 0.15) is 0 Å². The fourth-order valence-corrected chi connectivity index (χ4v) is 11.7. The van der Waals surface area contributed by atoms with Crippen LogP contribution in [0.3, 0.4) is 0 Å². The maximum Gasteiger partial charge on any atom is 0.0746 e. The van der Waals surface area contributed by atoms with E-state index in [1.54, 1.807) is 0 Å². The van der Waals surface area contributed by atoms with E-state index in [0.717, 1.165) is 55.8 Å². The summed E-state index contributed by atoms with van der Waals surface area (Å²) in [5.41, 5.74) is 29.6. The van der Waals surface area contributed by atoms with Crippen molar-refractivity contribution in [3.05, 3.63) is 233 Å². The standard InChI is InChI=1S/C77H94N4/c1-70(2,3)52-34-48(35-53(42-52)71(4,5)6)66-46-25-26-47(33-46)67(49-36-54(72(7,8)9)43-55(37-49)73(10,11)12)63-30-32-65-69(51-40-58(76(19,20)21)45-59(41-51)77(22,23)24)61-28-27-60(78-61)68(64-31-29-62(66)80(64)79-81(63)65)50-38-56(74(13,14)15)44-57(39-50)75(16,17)18/h25-45,79H,1-24H3. The molecule has 0 spiro atoms. The van der Waals surface area contributed by atoms with E-state index in [1.165, 1.54) is 77.9 Å². The van der Waals surface area contributed by atoms with E-state index in [4.69, 9.17) is 4.99 Å². The fourth-order valence-electron chi connectivity index (χ4n) is 11.7. The molecule has 2 aromatic heterocycles. The molecule has 422 valence electrons. The van der Waals surface area contributed by atoms with E-state index in [9.17, 15) is 0 Å². The number of allylic oxidation sites excluding steroid dienone is 7. The molecule has 4 heteroatoms. The lowest BCUT2D eigenvalue weighted by Crippen LogP contribution is -2.42. The van der Waals surface area contributed by atoms with Crippen LogP contribution in [0.25, 0.3) is 22.3 Å². The van der Waals surface area contributed by atoms with Gasteiger partial charge in [0.2, 0.25) is 0 Å². The van der Waals surface area contributed by atoms with Gasteiger partial charge in [0.15, 0.2) is 0 Å². The van der Waals surface area contributed by atoms with Crippen LogP contribution in [0, 0.1) is 0 Å². The SMILES string of the molecule is CC(C)(C)c1cc(C2=C3C=CC(=C3)C(c3cc(C(C)(C)C)cc(C(C)(C)C)c3)=c3ccc4n3Nn3c2ccc3C(c2cc(C(C)(C)C)cc(C(C)(C)C)c2)=C2C=CC(=N2)C=4c2cc(C(C)(C)C)cc(C(C)(C)C)c2)cc(C(C)(C)C)c1. The third-order valence-corrected chi connectivity index (χ3v) is 17.3. The Hall–Kier alpha value is -6.65. The molecule has 4 aromatic carbocycles. The smallest absolute Gasteiger partial charge is 0.0746 e. The summed E-state index contributed by atoms with van der Waals surface area (Å²) in [4.78, 5) is 5.94. The number of aromatic nitrogens is 2. The lowest BCUT2D eigenvalue weighted by molar-refractivity contribution is 0.567. The maximum absolute atomic E-state index is 5.94. The molecule has 1 N–H and O–H groups in total. The van der Waals surface area contributed by atoms with Crippen LogP contribution in [0.1, 0.15) is 244 Å². The van der Waals surface area contributed by atoms with Crippen molar-refractivity contribution in [3.63, 3.8) is 0 Å². The van der Waals surface area contributed by atoms with E-state index >= 15 is 0 Å². The molecule has 0 unspecified atom stereocenters. The molecule has 0 fully saturated rings. The van der Waals surface area contributed by atoms with Crippen molar-refractivity contribution in [1.82, 2.24) is 9.35 Å². The van der Waals surface area contributed by atoms with Crippen LogP contribution in [0.4, 0.5) is 0 Å². The molecule has 5 heterocycles. The Balaban J connectivity index is 1.47. The van der Waals surface area contributed by atoms with Crippen molar-refractivity contribution in [2.45, 2.75) is 209 Å². The summed E-state index contributed by atoms with van der Waals surface area (Å²) in [7, 11) is 0. The Kier molecular flexibility index (Phi) is 13.5. The zero-order valence-electron chi connectivity index (χ0n) is 54.0. The van der Waals surface area contributed by atoms with Crippen molar-refractivity contribution in [3.8, 4) is 0 Å². The highest BCUT2D eigenvalue weighted by atomic mass is 15.7. The summed E-state index contributed by atoms with van der Waals surface area (Å²) in [5.74, 6) is 0. The van der Waals surface area contributed by atoms with E-state index in [0.29, 0.717) is 0 Å². The van der Waals surface area contributed by atoms with Gasteiger partial charge in [0.25, 0.3) is 0 Å². The second kappa shape index (κ2) is 18.9. The predicted octanol–water partition coefficient (Wildman–Crippen LogP) is 18.2. The van der Waals surface area contributed by atoms with Gasteiger partial charge in [-0.1, -0.05) is 251 Å². The third kappa shape index (κ3) is 10.9. The van der Waals surface area contributed by atoms with E-state index in [1.807, 2.05) is 0 Å². The number of nitrogens with zero attached hydrogens (tertiary/aromatic N) is 3. The minimum absolute atomic E-state index is 0.0980. The lowest BCUT2D eigenvalue weighted by atomic mass is 9.78. The van der Waals surface area contributed by atoms with Crippen LogP contribution in [-0.4, -0.2) is 15.1 Å². The number of hydrogen-bond donors (Lipinski definition) is 1. The summed E-state index contributed by atoms with van der Waals surface area (Å²) in [6, 6.07) is 38.9. The second-order valence-corrected chi connectivity index (χ2v) is 32.3. The summed E-state index contributed by atoms with van der Waals surface area (Å²) in [6.45, 7) is 56.3. The number of nitrogens with one attached hydrogen (secondary N) is 1. The molecule has 6 bridgehead atoms. The molecule has 10 rings (SSSR count). The molecule has 0 radical (unpaired) electrons. The highest BCUT2D eigenvalue weighted by molar-refractivity contribution is 6.30. The quantitative estimate of drug-likeness (QED) is 0.188. The Labute approximate surface area is 488 Å².